The number of imidazole rings is 1. The number of nitrogens with zero attached hydrogens (tertiary/aromatic N) is 3. The van der Waals surface area contributed by atoms with Gasteiger partial charge >= 0.3 is 0 Å². The fourth-order valence-electron chi connectivity index (χ4n) is 2.07. The Balaban J connectivity index is 2.91. The fraction of sp³-hybridized carbons (Fsp3) is 0.750. The summed E-state index contributed by atoms with van der Waals surface area (Å²) in [7, 11) is 0. The van der Waals surface area contributed by atoms with Gasteiger partial charge in [-0.1, -0.05) is 29.8 Å². The van der Waals surface area contributed by atoms with Crippen LogP contribution in [0.5, 0.6) is 0 Å². The van der Waals surface area contributed by atoms with Crippen molar-refractivity contribution in [2.75, 3.05) is 16.8 Å². The molecule has 0 unspecified atom stereocenters. The number of aromatic nitrogens is 2. The molecule has 0 saturated heterocycles. The third-order valence-electron chi connectivity index (χ3n) is 3.00. The van der Waals surface area contributed by atoms with Crippen molar-refractivity contribution < 1.29 is 0 Å². The largest absolute Gasteiger partial charge is 0.338 e. The Bertz CT molecular complexity index is 294. The van der Waals surface area contributed by atoms with E-state index in [1.165, 1.54) is 12.8 Å². The summed E-state index contributed by atoms with van der Waals surface area (Å²) < 4.78 is 2.21. The zero-order valence-electron chi connectivity index (χ0n) is 10.5. The highest BCUT2D eigenvalue weighted by Crippen LogP contribution is 2.18. The normalized spacial score (nSPS) is 11.1. The number of rotatable bonds is 7. The van der Waals surface area contributed by atoms with Gasteiger partial charge < -0.3 is 9.47 Å². The lowest BCUT2D eigenvalue weighted by atomic mass is 10.1. The van der Waals surface area contributed by atoms with Crippen LogP contribution in [0, 0.1) is 0 Å². The van der Waals surface area contributed by atoms with Crippen molar-refractivity contribution in [3.63, 3.8) is 0 Å². The van der Waals surface area contributed by atoms with Crippen molar-refractivity contribution in [3.05, 3.63) is 12.4 Å². The van der Waals surface area contributed by atoms with Gasteiger partial charge in [0.05, 0.1) is 0 Å². The van der Waals surface area contributed by atoms with Crippen LogP contribution >= 0.6 is 15.9 Å². The Hall–Kier alpha value is -0.510. The Morgan fingerprint density at radius 3 is 2.56 bits per heavy atom. The van der Waals surface area contributed by atoms with Crippen molar-refractivity contribution in [2.24, 2.45) is 0 Å². The second kappa shape index (κ2) is 6.94. The lowest BCUT2D eigenvalue weighted by Gasteiger charge is -2.31. The van der Waals surface area contributed by atoms with Crippen molar-refractivity contribution in [1.82, 2.24) is 9.55 Å². The number of anilines is 1. The van der Waals surface area contributed by atoms with Crippen LogP contribution < -0.4 is 4.90 Å². The maximum Gasteiger partial charge on any atom is 0.205 e. The monoisotopic (exact) mass is 287 g/mol. The van der Waals surface area contributed by atoms with Crippen LogP contribution in [0.1, 0.15) is 33.6 Å². The molecule has 0 bridgehead atoms. The maximum atomic E-state index is 4.49. The van der Waals surface area contributed by atoms with Gasteiger partial charge in [0.1, 0.15) is 0 Å². The Morgan fingerprint density at radius 2 is 2.06 bits per heavy atom. The number of hydrogen-bond acceptors (Lipinski definition) is 2. The van der Waals surface area contributed by atoms with Crippen LogP contribution in [0.4, 0.5) is 5.95 Å². The first-order valence-electron chi connectivity index (χ1n) is 6.12. The van der Waals surface area contributed by atoms with Crippen LogP contribution in [0.15, 0.2) is 12.4 Å². The Labute approximate surface area is 107 Å². The van der Waals surface area contributed by atoms with Gasteiger partial charge in [-0.15, -0.1) is 0 Å². The van der Waals surface area contributed by atoms with Crippen LogP contribution in [0.2, 0.25) is 0 Å². The van der Waals surface area contributed by atoms with E-state index in [0.29, 0.717) is 6.04 Å². The van der Waals surface area contributed by atoms with E-state index in [2.05, 4.69) is 57.3 Å². The molecule has 0 aliphatic carbocycles. The van der Waals surface area contributed by atoms with Gasteiger partial charge in [-0.05, 0) is 19.8 Å². The first kappa shape index (κ1) is 13.6. The summed E-state index contributed by atoms with van der Waals surface area (Å²) in [5.74, 6) is 1.11. The summed E-state index contributed by atoms with van der Waals surface area (Å²) in [6.45, 7) is 8.64. The van der Waals surface area contributed by atoms with Crippen LogP contribution in [-0.4, -0.2) is 27.5 Å². The zero-order chi connectivity index (χ0) is 12.0. The molecule has 0 atom stereocenters. The summed E-state index contributed by atoms with van der Waals surface area (Å²) in [5.41, 5.74) is 0. The topological polar surface area (TPSA) is 21.1 Å². The van der Waals surface area contributed by atoms with E-state index >= 15 is 0 Å². The third-order valence-corrected chi connectivity index (χ3v) is 3.35. The molecule has 3 nitrogen and oxygen atoms in total. The van der Waals surface area contributed by atoms with Gasteiger partial charge in [-0.25, -0.2) is 4.98 Å². The molecular formula is C12H22BrN3. The number of alkyl halides is 1. The molecule has 1 rings (SSSR count). The minimum Gasteiger partial charge on any atom is -0.338 e. The molecule has 92 valence electrons. The van der Waals surface area contributed by atoms with Crippen molar-refractivity contribution >= 4 is 21.9 Å². The summed E-state index contributed by atoms with van der Waals surface area (Å²) in [6.07, 6.45) is 6.28. The highest BCUT2D eigenvalue weighted by Gasteiger charge is 2.18. The van der Waals surface area contributed by atoms with E-state index in [9.17, 15) is 0 Å². The summed E-state index contributed by atoms with van der Waals surface area (Å²) >= 11 is 3.53. The smallest absolute Gasteiger partial charge is 0.205 e. The summed E-state index contributed by atoms with van der Waals surface area (Å²) in [6, 6.07) is 0.588. The predicted molar refractivity (Wildman–Crippen MR) is 73.4 cm³/mol. The van der Waals surface area contributed by atoms with E-state index in [4.69, 9.17) is 0 Å². The molecule has 0 saturated carbocycles. The highest BCUT2D eigenvalue weighted by atomic mass is 79.9. The number of halogens is 1. The van der Waals surface area contributed by atoms with Crippen LogP contribution in [0.3, 0.4) is 0 Å². The van der Waals surface area contributed by atoms with Gasteiger partial charge in [-0.2, -0.15) is 0 Å². The van der Waals surface area contributed by atoms with Gasteiger partial charge in [0.2, 0.25) is 5.95 Å². The van der Waals surface area contributed by atoms with Gasteiger partial charge in [-0.3, -0.25) is 0 Å². The molecule has 0 fully saturated rings. The molecular weight excluding hydrogens is 266 g/mol. The second-order valence-electron chi connectivity index (χ2n) is 3.87. The molecule has 1 heterocycles. The van der Waals surface area contributed by atoms with E-state index in [1.807, 2.05) is 6.20 Å². The minimum atomic E-state index is 0.588. The third kappa shape index (κ3) is 3.00. The molecule has 16 heavy (non-hydrogen) atoms. The van der Waals surface area contributed by atoms with E-state index in [0.717, 1.165) is 24.4 Å². The first-order valence-corrected chi connectivity index (χ1v) is 7.24. The van der Waals surface area contributed by atoms with Gasteiger partial charge in [0.15, 0.2) is 0 Å². The summed E-state index contributed by atoms with van der Waals surface area (Å²) in [5, 5.41) is 0.986. The van der Waals surface area contributed by atoms with Crippen molar-refractivity contribution in [1.29, 1.82) is 0 Å². The number of hydrogen-bond donors (Lipinski definition) is 0. The van der Waals surface area contributed by atoms with Crippen molar-refractivity contribution in [2.45, 2.75) is 46.2 Å². The fourth-order valence-corrected chi connectivity index (χ4v) is 2.46. The average Bonchev–Trinajstić information content (AvgIpc) is 2.77. The van der Waals surface area contributed by atoms with Gasteiger partial charge in [0.25, 0.3) is 0 Å². The molecule has 0 aliphatic heterocycles. The van der Waals surface area contributed by atoms with Gasteiger partial charge in [0, 0.05) is 36.9 Å². The first-order chi connectivity index (χ1) is 7.78. The van der Waals surface area contributed by atoms with Crippen LogP contribution in [0.25, 0.3) is 0 Å². The minimum absolute atomic E-state index is 0.588. The SMILES string of the molecule is CCC(CC)N(CCBr)c1nccn1CC. The van der Waals surface area contributed by atoms with E-state index in [1.54, 1.807) is 0 Å². The zero-order valence-corrected chi connectivity index (χ0v) is 12.1. The lowest BCUT2D eigenvalue weighted by molar-refractivity contribution is 0.545. The molecule has 0 N–H and O–H groups in total. The molecule has 0 aliphatic rings. The molecule has 0 radical (unpaired) electrons. The number of aryl methyl sites for hydroxylation is 1. The molecule has 4 heteroatoms. The average molecular weight is 288 g/mol. The second-order valence-corrected chi connectivity index (χ2v) is 4.66. The molecule has 1 aromatic heterocycles. The molecule has 0 amide bonds. The van der Waals surface area contributed by atoms with E-state index < -0.39 is 0 Å². The Morgan fingerprint density at radius 1 is 1.38 bits per heavy atom. The lowest BCUT2D eigenvalue weighted by Crippen LogP contribution is -2.38. The maximum absolute atomic E-state index is 4.49. The molecule has 0 aromatic carbocycles. The molecule has 0 spiro atoms. The predicted octanol–water partition coefficient (Wildman–Crippen LogP) is 3.29. The standard InChI is InChI=1S/C12H22BrN3/c1-4-11(5-2)16(9-7-13)12-14-8-10-15(12)6-3/h8,10-11H,4-7,9H2,1-3H3. The highest BCUT2D eigenvalue weighted by molar-refractivity contribution is 9.09. The van der Waals surface area contributed by atoms with E-state index in [-0.39, 0.29) is 0 Å². The van der Waals surface area contributed by atoms with Crippen LogP contribution in [-0.2, 0) is 6.54 Å². The molecule has 1 aromatic rings. The van der Waals surface area contributed by atoms with Crippen molar-refractivity contribution in [3.8, 4) is 0 Å². The quantitative estimate of drug-likeness (QED) is 0.718. The summed E-state index contributed by atoms with van der Waals surface area (Å²) in [4.78, 5) is 6.91. The Kier molecular flexibility index (Phi) is 5.88.